The molecule has 1 heterocycles. The largest absolute Gasteiger partial charge is 0.497 e. The average Bonchev–Trinajstić information content (AvgIpc) is 2.92. The van der Waals surface area contributed by atoms with Crippen LogP contribution in [-0.4, -0.2) is 33.0 Å². The predicted molar refractivity (Wildman–Crippen MR) is 138 cm³/mol. The van der Waals surface area contributed by atoms with Crippen LogP contribution in [0.4, 0.5) is 5.69 Å². The molecule has 0 bridgehead atoms. The molecule has 6 heteroatoms. The van der Waals surface area contributed by atoms with Crippen molar-refractivity contribution < 1.29 is 23.8 Å². The van der Waals surface area contributed by atoms with Gasteiger partial charge in [-0.3, -0.25) is 14.5 Å². The van der Waals surface area contributed by atoms with Crippen LogP contribution in [0.25, 0.3) is 0 Å². The fourth-order valence-corrected chi connectivity index (χ4v) is 5.47. The van der Waals surface area contributed by atoms with Crippen LogP contribution in [0.15, 0.2) is 84.1 Å². The number of anilines is 1. The molecule has 0 radical (unpaired) electrons. The molecule has 36 heavy (non-hydrogen) atoms. The van der Waals surface area contributed by atoms with Gasteiger partial charge in [-0.15, -0.1) is 0 Å². The zero-order chi connectivity index (χ0) is 25.2. The second-order valence-electron chi connectivity index (χ2n) is 9.06. The molecule has 0 spiro atoms. The number of benzene rings is 3. The van der Waals surface area contributed by atoms with Gasteiger partial charge < -0.3 is 14.2 Å². The molecule has 0 saturated carbocycles. The Balaban J connectivity index is 1.70. The van der Waals surface area contributed by atoms with Gasteiger partial charge in [0.15, 0.2) is 5.78 Å². The third-order valence-electron chi connectivity index (χ3n) is 7.14. The Morgan fingerprint density at radius 2 is 1.47 bits per heavy atom. The highest BCUT2D eigenvalue weighted by Gasteiger charge is 2.43. The van der Waals surface area contributed by atoms with Crippen LogP contribution in [0.1, 0.15) is 42.2 Å². The minimum atomic E-state index is -0.367. The lowest BCUT2D eigenvalue weighted by Gasteiger charge is -2.41. The zero-order valence-electron chi connectivity index (χ0n) is 20.7. The molecule has 0 N–H and O–H groups in total. The zero-order valence-corrected chi connectivity index (χ0v) is 20.7. The van der Waals surface area contributed by atoms with E-state index in [1.54, 1.807) is 38.4 Å². The molecule has 0 fully saturated rings. The molecule has 3 aromatic carbocycles. The minimum absolute atomic E-state index is 0.0200. The van der Waals surface area contributed by atoms with Crippen molar-refractivity contribution in [3.63, 3.8) is 0 Å². The molecule has 1 aliphatic heterocycles. The number of allylic oxidation sites excluding steroid dienone is 2. The van der Waals surface area contributed by atoms with Gasteiger partial charge in [-0.1, -0.05) is 48.5 Å². The Hall–Kier alpha value is -4.06. The molecule has 6 nitrogen and oxygen atoms in total. The molecule has 1 aliphatic carbocycles. The number of carbonyl (C=O) groups excluding carboxylic acids is 2. The molecule has 3 aromatic rings. The number of para-hydroxylation sites is 1. The second kappa shape index (κ2) is 9.90. The summed E-state index contributed by atoms with van der Waals surface area (Å²) in [6.07, 6.45) is 1.13. The van der Waals surface area contributed by atoms with E-state index in [0.717, 1.165) is 16.8 Å². The molecule has 184 valence electrons. The first-order chi connectivity index (χ1) is 17.5. The van der Waals surface area contributed by atoms with Gasteiger partial charge in [0.1, 0.15) is 17.2 Å². The van der Waals surface area contributed by atoms with Crippen LogP contribution in [0.3, 0.4) is 0 Å². The van der Waals surface area contributed by atoms with E-state index in [1.165, 1.54) is 0 Å². The standard InChI is InChI=1S/C30H29NO5/c1-34-21-13-14-24(28(17-21)36-3)31-25-15-20(19-9-5-4-6-10-19)16-26(32)30(25)23(18-29(31)33)22-11-7-8-12-27(22)35-2/h4-14,17,20,23H,15-16,18H2,1-3H3. The highest BCUT2D eigenvalue weighted by molar-refractivity contribution is 6.08. The number of amides is 1. The van der Waals surface area contributed by atoms with E-state index in [1.807, 2.05) is 60.7 Å². The third kappa shape index (κ3) is 4.13. The van der Waals surface area contributed by atoms with Crippen molar-refractivity contribution in [1.82, 2.24) is 0 Å². The second-order valence-corrected chi connectivity index (χ2v) is 9.06. The summed E-state index contributed by atoms with van der Waals surface area (Å²) in [5.74, 6) is 1.40. The number of ketones is 1. The SMILES string of the molecule is COc1ccc(N2C(=O)CC(c3ccccc3OC)C3=C2CC(c2ccccc2)CC3=O)c(OC)c1. The highest BCUT2D eigenvalue weighted by atomic mass is 16.5. The van der Waals surface area contributed by atoms with E-state index in [9.17, 15) is 9.59 Å². The predicted octanol–water partition coefficient (Wildman–Crippen LogP) is 5.63. The van der Waals surface area contributed by atoms with Crippen LogP contribution >= 0.6 is 0 Å². The number of nitrogens with zero attached hydrogens (tertiary/aromatic N) is 1. The first kappa shape index (κ1) is 23.7. The van der Waals surface area contributed by atoms with Crippen LogP contribution in [0.5, 0.6) is 17.2 Å². The number of rotatable bonds is 6. The van der Waals surface area contributed by atoms with Crippen LogP contribution in [0, 0.1) is 0 Å². The van der Waals surface area contributed by atoms with Crippen molar-refractivity contribution in [1.29, 1.82) is 0 Å². The molecular weight excluding hydrogens is 454 g/mol. The topological polar surface area (TPSA) is 65.1 Å². The summed E-state index contributed by atoms with van der Waals surface area (Å²) >= 11 is 0. The lowest BCUT2D eigenvalue weighted by atomic mass is 9.72. The van der Waals surface area contributed by atoms with E-state index in [0.29, 0.717) is 41.4 Å². The van der Waals surface area contributed by atoms with Crippen molar-refractivity contribution in [2.24, 2.45) is 0 Å². The van der Waals surface area contributed by atoms with E-state index in [4.69, 9.17) is 14.2 Å². The van der Waals surface area contributed by atoms with Crippen LogP contribution in [0.2, 0.25) is 0 Å². The maximum atomic E-state index is 13.9. The molecule has 2 atom stereocenters. The smallest absolute Gasteiger partial charge is 0.232 e. The number of ether oxygens (including phenoxy) is 3. The highest BCUT2D eigenvalue weighted by Crippen LogP contribution is 2.49. The summed E-state index contributed by atoms with van der Waals surface area (Å²) in [6, 6.07) is 23.0. The quantitative estimate of drug-likeness (QED) is 0.454. The van der Waals surface area contributed by atoms with Crippen molar-refractivity contribution in [3.05, 3.63) is 95.2 Å². The fourth-order valence-electron chi connectivity index (χ4n) is 5.47. The Morgan fingerprint density at radius 1 is 0.750 bits per heavy atom. The summed E-state index contributed by atoms with van der Waals surface area (Å²) in [5, 5.41) is 0. The minimum Gasteiger partial charge on any atom is -0.497 e. The number of hydrogen-bond donors (Lipinski definition) is 0. The third-order valence-corrected chi connectivity index (χ3v) is 7.14. The van der Waals surface area contributed by atoms with E-state index >= 15 is 0 Å². The van der Waals surface area contributed by atoms with Gasteiger partial charge in [0.2, 0.25) is 5.91 Å². The maximum absolute atomic E-state index is 13.9. The molecule has 1 amide bonds. The Labute approximate surface area is 211 Å². The monoisotopic (exact) mass is 483 g/mol. The molecule has 2 unspecified atom stereocenters. The lowest BCUT2D eigenvalue weighted by molar-refractivity contribution is -0.120. The van der Waals surface area contributed by atoms with Gasteiger partial charge in [0.25, 0.3) is 0 Å². The van der Waals surface area contributed by atoms with Crippen LogP contribution in [-0.2, 0) is 9.59 Å². The van der Waals surface area contributed by atoms with Gasteiger partial charge in [0, 0.05) is 41.7 Å². The number of methoxy groups -OCH3 is 3. The van der Waals surface area contributed by atoms with Crippen molar-refractivity contribution in [2.45, 2.75) is 31.1 Å². The Kier molecular flexibility index (Phi) is 6.51. The normalized spacial score (nSPS) is 19.7. The van der Waals surface area contributed by atoms with E-state index in [2.05, 4.69) is 0 Å². The molecule has 0 saturated heterocycles. The summed E-state index contributed by atoms with van der Waals surface area (Å²) in [5.41, 5.74) is 3.97. The van der Waals surface area contributed by atoms with Gasteiger partial charge in [-0.25, -0.2) is 0 Å². The molecule has 5 rings (SSSR count). The number of Topliss-reactive ketones (excluding diaryl/α,β-unsaturated/α-hetero) is 1. The van der Waals surface area contributed by atoms with Gasteiger partial charge in [-0.2, -0.15) is 0 Å². The van der Waals surface area contributed by atoms with Gasteiger partial charge >= 0.3 is 0 Å². The number of carbonyl (C=O) groups is 2. The Bertz CT molecular complexity index is 1330. The van der Waals surface area contributed by atoms with Gasteiger partial charge in [-0.05, 0) is 36.1 Å². The van der Waals surface area contributed by atoms with E-state index < -0.39 is 0 Å². The van der Waals surface area contributed by atoms with Crippen molar-refractivity contribution in [2.75, 3.05) is 26.2 Å². The van der Waals surface area contributed by atoms with Gasteiger partial charge in [0.05, 0.1) is 27.0 Å². The summed E-state index contributed by atoms with van der Waals surface area (Å²) in [7, 11) is 4.77. The van der Waals surface area contributed by atoms with Crippen molar-refractivity contribution in [3.8, 4) is 17.2 Å². The summed E-state index contributed by atoms with van der Waals surface area (Å²) < 4.78 is 16.6. The first-order valence-corrected chi connectivity index (χ1v) is 12.0. The maximum Gasteiger partial charge on any atom is 0.232 e. The first-order valence-electron chi connectivity index (χ1n) is 12.0. The molecule has 0 aromatic heterocycles. The Morgan fingerprint density at radius 3 is 2.19 bits per heavy atom. The summed E-state index contributed by atoms with van der Waals surface area (Å²) in [6.45, 7) is 0. The van der Waals surface area contributed by atoms with Crippen molar-refractivity contribution >= 4 is 17.4 Å². The lowest BCUT2D eigenvalue weighted by Crippen LogP contribution is -2.42. The summed E-state index contributed by atoms with van der Waals surface area (Å²) in [4.78, 5) is 29.4. The number of hydrogen-bond acceptors (Lipinski definition) is 5. The average molecular weight is 484 g/mol. The van der Waals surface area contributed by atoms with E-state index in [-0.39, 0.29) is 29.9 Å². The van der Waals surface area contributed by atoms with Crippen LogP contribution < -0.4 is 19.1 Å². The molecule has 2 aliphatic rings. The fraction of sp³-hybridized carbons (Fsp3) is 0.267. The molecular formula is C30H29NO5.